The van der Waals surface area contributed by atoms with Crippen molar-refractivity contribution in [2.75, 3.05) is 12.3 Å². The highest BCUT2D eigenvalue weighted by Crippen LogP contribution is 2.34. The van der Waals surface area contributed by atoms with Crippen LogP contribution in [0.1, 0.15) is 30.5 Å². The van der Waals surface area contributed by atoms with E-state index in [4.69, 9.17) is 11.6 Å². The Bertz CT molecular complexity index is 340. The Morgan fingerprint density at radius 1 is 1.53 bits per heavy atom. The summed E-state index contributed by atoms with van der Waals surface area (Å²) < 4.78 is 0. The Kier molecular flexibility index (Phi) is 3.95. The van der Waals surface area contributed by atoms with Crippen LogP contribution in [0.15, 0.2) is 18.2 Å². The lowest BCUT2D eigenvalue weighted by Crippen LogP contribution is -2.21. The lowest BCUT2D eigenvalue weighted by Gasteiger charge is -2.18. The number of hydrogen-bond donors (Lipinski definition) is 1. The van der Waals surface area contributed by atoms with Gasteiger partial charge in [0.25, 0.3) is 0 Å². The molecule has 1 unspecified atom stereocenters. The quantitative estimate of drug-likeness (QED) is 0.849. The number of hydrogen-bond acceptors (Lipinski definition) is 2. The van der Waals surface area contributed by atoms with Gasteiger partial charge in [-0.15, -0.1) is 0 Å². The molecule has 0 saturated heterocycles. The lowest BCUT2D eigenvalue weighted by atomic mass is 9.99. The number of fused-ring (bicyclic) bond motifs is 1. The minimum absolute atomic E-state index is 0.485. The largest absolute Gasteiger partial charge is 0.310 e. The zero-order valence-electron chi connectivity index (χ0n) is 8.92. The summed E-state index contributed by atoms with van der Waals surface area (Å²) in [6.45, 7) is 3.17. The van der Waals surface area contributed by atoms with Crippen molar-refractivity contribution < 1.29 is 0 Å². The van der Waals surface area contributed by atoms with Crippen molar-refractivity contribution in [3.05, 3.63) is 34.3 Å². The Morgan fingerprint density at radius 3 is 3.20 bits per heavy atom. The summed E-state index contributed by atoms with van der Waals surface area (Å²) in [4.78, 5) is 0. The van der Waals surface area contributed by atoms with Crippen molar-refractivity contribution >= 4 is 23.4 Å². The van der Waals surface area contributed by atoms with E-state index in [2.05, 4.69) is 24.4 Å². The van der Waals surface area contributed by atoms with E-state index in [0.717, 1.165) is 17.3 Å². The number of thioether (sulfide) groups is 1. The topological polar surface area (TPSA) is 12.0 Å². The van der Waals surface area contributed by atoms with Crippen LogP contribution in [0.3, 0.4) is 0 Å². The molecular weight excluding hydrogens is 226 g/mol. The highest BCUT2D eigenvalue weighted by molar-refractivity contribution is 7.98. The number of nitrogens with one attached hydrogen (secondary N) is 1. The molecule has 0 radical (unpaired) electrons. The minimum Gasteiger partial charge on any atom is -0.310 e. The SMILES string of the molecule is CCNC1CCSCc2c(Cl)cccc21. The van der Waals surface area contributed by atoms with E-state index in [-0.39, 0.29) is 0 Å². The van der Waals surface area contributed by atoms with E-state index in [9.17, 15) is 0 Å². The molecule has 1 atom stereocenters. The number of benzene rings is 1. The molecule has 0 bridgehead atoms. The highest BCUT2D eigenvalue weighted by atomic mass is 35.5. The van der Waals surface area contributed by atoms with Crippen molar-refractivity contribution in [2.45, 2.75) is 25.1 Å². The first-order chi connectivity index (χ1) is 7.33. The van der Waals surface area contributed by atoms with Gasteiger partial charge in [-0.2, -0.15) is 11.8 Å². The molecule has 2 rings (SSSR count). The van der Waals surface area contributed by atoms with Crippen molar-refractivity contribution in [1.29, 1.82) is 0 Å². The standard InChI is InChI=1S/C12H16ClNS/c1-2-14-12-6-7-15-8-10-9(12)4-3-5-11(10)13/h3-5,12,14H,2,6-8H2,1H3. The summed E-state index contributed by atoms with van der Waals surface area (Å²) in [5, 5.41) is 4.46. The molecule has 0 amide bonds. The van der Waals surface area contributed by atoms with E-state index >= 15 is 0 Å². The van der Waals surface area contributed by atoms with Crippen LogP contribution in [0.2, 0.25) is 5.02 Å². The lowest BCUT2D eigenvalue weighted by molar-refractivity contribution is 0.541. The van der Waals surface area contributed by atoms with E-state index in [1.165, 1.54) is 23.3 Å². The summed E-state index contributed by atoms with van der Waals surface area (Å²) >= 11 is 8.22. The number of halogens is 1. The van der Waals surface area contributed by atoms with Crippen molar-refractivity contribution in [1.82, 2.24) is 5.32 Å². The van der Waals surface area contributed by atoms with Crippen LogP contribution in [0.25, 0.3) is 0 Å². The van der Waals surface area contributed by atoms with Gasteiger partial charge in [0.2, 0.25) is 0 Å². The first-order valence-electron chi connectivity index (χ1n) is 5.41. The summed E-state index contributed by atoms with van der Waals surface area (Å²) in [5.74, 6) is 2.26. The van der Waals surface area contributed by atoms with Gasteiger partial charge in [-0.1, -0.05) is 30.7 Å². The second-order valence-corrected chi connectivity index (χ2v) is 5.27. The average Bonchev–Trinajstić information content (AvgIpc) is 2.43. The molecule has 3 heteroatoms. The smallest absolute Gasteiger partial charge is 0.0449 e. The third-order valence-corrected chi connectivity index (χ3v) is 4.15. The molecule has 82 valence electrons. The highest BCUT2D eigenvalue weighted by Gasteiger charge is 2.19. The average molecular weight is 242 g/mol. The van der Waals surface area contributed by atoms with Gasteiger partial charge in [0.05, 0.1) is 0 Å². The zero-order chi connectivity index (χ0) is 10.7. The fraction of sp³-hybridized carbons (Fsp3) is 0.500. The fourth-order valence-electron chi connectivity index (χ4n) is 2.04. The zero-order valence-corrected chi connectivity index (χ0v) is 10.5. The summed E-state index contributed by atoms with van der Waals surface area (Å²) in [7, 11) is 0. The molecule has 0 aliphatic carbocycles. The summed E-state index contributed by atoms with van der Waals surface area (Å²) in [6.07, 6.45) is 1.20. The van der Waals surface area contributed by atoms with Crippen LogP contribution >= 0.6 is 23.4 Å². The molecule has 1 nitrogen and oxygen atoms in total. The van der Waals surface area contributed by atoms with Crippen LogP contribution in [0.4, 0.5) is 0 Å². The maximum absolute atomic E-state index is 6.24. The molecule has 0 spiro atoms. The molecular formula is C12H16ClNS. The van der Waals surface area contributed by atoms with Gasteiger partial charge in [-0.25, -0.2) is 0 Å². The Labute approximate surface area is 101 Å². The third kappa shape index (κ3) is 2.49. The van der Waals surface area contributed by atoms with Crippen LogP contribution in [0, 0.1) is 0 Å². The predicted octanol–water partition coefficient (Wildman–Crippen LogP) is 3.63. The van der Waals surface area contributed by atoms with E-state index in [0.29, 0.717) is 6.04 Å². The third-order valence-electron chi connectivity index (χ3n) is 2.78. The second-order valence-electron chi connectivity index (χ2n) is 3.76. The monoisotopic (exact) mass is 241 g/mol. The Morgan fingerprint density at radius 2 is 2.40 bits per heavy atom. The van der Waals surface area contributed by atoms with Gasteiger partial charge in [-0.05, 0) is 35.9 Å². The number of rotatable bonds is 2. The summed E-state index contributed by atoms with van der Waals surface area (Å²) in [6, 6.07) is 6.75. The molecule has 1 N–H and O–H groups in total. The molecule has 1 aromatic rings. The van der Waals surface area contributed by atoms with Crippen LogP contribution in [0.5, 0.6) is 0 Å². The van der Waals surface area contributed by atoms with Gasteiger partial charge >= 0.3 is 0 Å². The molecule has 15 heavy (non-hydrogen) atoms. The maximum Gasteiger partial charge on any atom is 0.0449 e. The first-order valence-corrected chi connectivity index (χ1v) is 6.94. The van der Waals surface area contributed by atoms with E-state index < -0.39 is 0 Å². The van der Waals surface area contributed by atoms with Crippen LogP contribution in [-0.4, -0.2) is 12.3 Å². The van der Waals surface area contributed by atoms with Crippen LogP contribution in [-0.2, 0) is 5.75 Å². The van der Waals surface area contributed by atoms with Gasteiger partial charge in [0.15, 0.2) is 0 Å². The molecule has 0 aromatic heterocycles. The van der Waals surface area contributed by atoms with Gasteiger partial charge in [0.1, 0.15) is 0 Å². The maximum atomic E-state index is 6.24. The van der Waals surface area contributed by atoms with E-state index in [1.54, 1.807) is 0 Å². The molecule has 0 saturated carbocycles. The normalized spacial score (nSPS) is 20.8. The summed E-state index contributed by atoms with van der Waals surface area (Å²) in [5.41, 5.74) is 2.72. The molecule has 1 aromatic carbocycles. The second kappa shape index (κ2) is 5.24. The van der Waals surface area contributed by atoms with Gasteiger partial charge < -0.3 is 5.32 Å². The Hall–Kier alpha value is -0.180. The van der Waals surface area contributed by atoms with Crippen molar-refractivity contribution in [2.24, 2.45) is 0 Å². The van der Waals surface area contributed by atoms with Gasteiger partial charge in [-0.3, -0.25) is 0 Å². The molecule has 0 fully saturated rings. The fourth-order valence-corrected chi connectivity index (χ4v) is 3.44. The van der Waals surface area contributed by atoms with Crippen molar-refractivity contribution in [3.63, 3.8) is 0 Å². The van der Waals surface area contributed by atoms with E-state index in [1.807, 2.05) is 17.8 Å². The van der Waals surface area contributed by atoms with Crippen LogP contribution < -0.4 is 5.32 Å². The molecule has 1 aliphatic rings. The van der Waals surface area contributed by atoms with Crippen molar-refractivity contribution in [3.8, 4) is 0 Å². The van der Waals surface area contributed by atoms with Gasteiger partial charge in [0, 0.05) is 16.8 Å². The molecule has 1 aliphatic heterocycles. The molecule has 1 heterocycles. The first kappa shape index (κ1) is 11.3. The Balaban J connectivity index is 2.36. The minimum atomic E-state index is 0.485. The predicted molar refractivity (Wildman–Crippen MR) is 68.6 cm³/mol.